The molecule has 0 spiro atoms. The van der Waals surface area contributed by atoms with E-state index in [2.05, 4.69) is 38.1 Å². The summed E-state index contributed by atoms with van der Waals surface area (Å²) >= 11 is 3.37. The largest absolute Gasteiger partial charge is 0.312 e. The molecule has 0 amide bonds. The van der Waals surface area contributed by atoms with Crippen molar-refractivity contribution in [2.24, 2.45) is 0 Å². The summed E-state index contributed by atoms with van der Waals surface area (Å²) in [6.07, 6.45) is 3.61. The van der Waals surface area contributed by atoms with Crippen LogP contribution in [-0.2, 0) is 18.7 Å². The zero-order valence-electron chi connectivity index (χ0n) is 11.4. The van der Waals surface area contributed by atoms with E-state index < -0.39 is 0 Å². The second-order valence-electron chi connectivity index (χ2n) is 4.79. The molecule has 0 unspecified atom stereocenters. The summed E-state index contributed by atoms with van der Waals surface area (Å²) in [6.45, 7) is 3.88. The molecule has 2 aromatic rings. The van der Waals surface area contributed by atoms with Crippen molar-refractivity contribution in [1.82, 2.24) is 30.5 Å². The van der Waals surface area contributed by atoms with Gasteiger partial charge in [-0.1, -0.05) is 18.7 Å². The molecule has 0 aromatic carbocycles. The quantitative estimate of drug-likeness (QED) is 0.749. The van der Waals surface area contributed by atoms with Gasteiger partial charge in [0, 0.05) is 23.7 Å². The maximum absolute atomic E-state index is 4.56. The summed E-state index contributed by atoms with van der Waals surface area (Å²) in [5.74, 6) is 0.826. The number of aromatic nitrogens is 5. The van der Waals surface area contributed by atoms with Gasteiger partial charge in [-0.15, -0.1) is 16.4 Å². The van der Waals surface area contributed by atoms with Crippen molar-refractivity contribution in [3.8, 4) is 0 Å². The van der Waals surface area contributed by atoms with E-state index in [4.69, 9.17) is 0 Å². The third-order valence-corrected chi connectivity index (χ3v) is 5.12. The molecule has 1 aliphatic rings. The molecule has 0 saturated heterocycles. The number of tetrazole rings is 1. The molecular formula is C12H18N6S2. The lowest BCUT2D eigenvalue weighted by Crippen LogP contribution is -2.22. The van der Waals surface area contributed by atoms with Gasteiger partial charge in [-0.2, -0.15) is 0 Å². The van der Waals surface area contributed by atoms with Crippen LogP contribution in [0, 0.1) is 0 Å². The highest BCUT2D eigenvalue weighted by Gasteiger charge is 2.20. The first-order valence-electron chi connectivity index (χ1n) is 6.90. The van der Waals surface area contributed by atoms with E-state index >= 15 is 0 Å². The Bertz CT molecular complexity index is 548. The van der Waals surface area contributed by atoms with Gasteiger partial charge in [-0.3, -0.25) is 0 Å². The number of rotatable bonds is 8. The summed E-state index contributed by atoms with van der Waals surface area (Å²) in [7, 11) is 0. The Morgan fingerprint density at radius 3 is 3.15 bits per heavy atom. The minimum atomic E-state index is 0.727. The van der Waals surface area contributed by atoms with Gasteiger partial charge in [-0.25, -0.2) is 9.67 Å². The highest BCUT2D eigenvalue weighted by atomic mass is 32.2. The highest BCUT2D eigenvalue weighted by molar-refractivity contribution is 7.98. The van der Waals surface area contributed by atoms with Gasteiger partial charge in [0.15, 0.2) is 0 Å². The molecule has 1 aliphatic carbocycles. The van der Waals surface area contributed by atoms with Crippen molar-refractivity contribution in [1.29, 1.82) is 0 Å². The molecular weight excluding hydrogens is 292 g/mol. The molecule has 6 nitrogen and oxygen atoms in total. The average molecular weight is 310 g/mol. The van der Waals surface area contributed by atoms with E-state index in [0.29, 0.717) is 0 Å². The topological polar surface area (TPSA) is 68.5 Å². The Kier molecular flexibility index (Phi) is 4.64. The van der Waals surface area contributed by atoms with Crippen LogP contribution in [0.3, 0.4) is 0 Å². The summed E-state index contributed by atoms with van der Waals surface area (Å²) in [4.78, 5) is 4.56. The summed E-state index contributed by atoms with van der Waals surface area (Å²) < 4.78 is 1.87. The van der Waals surface area contributed by atoms with Gasteiger partial charge >= 0.3 is 0 Å². The molecule has 0 aliphatic heterocycles. The number of thiazole rings is 1. The molecule has 20 heavy (non-hydrogen) atoms. The zero-order chi connectivity index (χ0) is 13.8. The van der Waals surface area contributed by atoms with E-state index in [1.807, 2.05) is 4.68 Å². The first kappa shape index (κ1) is 14.0. The normalized spacial score (nSPS) is 14.8. The van der Waals surface area contributed by atoms with Gasteiger partial charge in [0.1, 0.15) is 0 Å². The van der Waals surface area contributed by atoms with E-state index in [1.165, 1.54) is 17.8 Å². The van der Waals surface area contributed by atoms with Gasteiger partial charge in [0.25, 0.3) is 0 Å². The number of hydrogen-bond acceptors (Lipinski definition) is 7. The Morgan fingerprint density at radius 1 is 1.50 bits per heavy atom. The van der Waals surface area contributed by atoms with Crippen molar-refractivity contribution in [3.05, 3.63) is 16.1 Å². The number of aryl methyl sites for hydroxylation is 1. The van der Waals surface area contributed by atoms with Crippen LogP contribution in [-0.4, -0.2) is 37.8 Å². The van der Waals surface area contributed by atoms with Gasteiger partial charge in [0.2, 0.25) is 5.16 Å². The zero-order valence-corrected chi connectivity index (χ0v) is 13.1. The van der Waals surface area contributed by atoms with Crippen LogP contribution in [0.5, 0.6) is 0 Å². The smallest absolute Gasteiger partial charge is 0.209 e. The van der Waals surface area contributed by atoms with Crippen molar-refractivity contribution in [2.45, 2.75) is 49.7 Å². The first-order chi connectivity index (χ1) is 9.85. The van der Waals surface area contributed by atoms with Gasteiger partial charge in [0.05, 0.1) is 17.2 Å². The van der Waals surface area contributed by atoms with Crippen LogP contribution < -0.4 is 5.32 Å². The molecule has 0 bridgehead atoms. The van der Waals surface area contributed by atoms with Gasteiger partial charge in [-0.05, 0) is 29.7 Å². The molecule has 2 heterocycles. The molecule has 8 heteroatoms. The van der Waals surface area contributed by atoms with Crippen LogP contribution in [0.25, 0.3) is 0 Å². The van der Waals surface area contributed by atoms with E-state index in [1.54, 1.807) is 23.1 Å². The standard InChI is InChI=1S/C12H18N6S2/c1-2-11-14-10(7-19-11)8-20-12-15-16-17-18(12)6-5-13-9-3-4-9/h7,9,13H,2-6,8H2,1H3. The van der Waals surface area contributed by atoms with E-state index in [0.717, 1.165) is 42.2 Å². The number of nitrogens with zero attached hydrogens (tertiary/aromatic N) is 5. The van der Waals surface area contributed by atoms with Crippen LogP contribution in [0.15, 0.2) is 10.5 Å². The summed E-state index contributed by atoms with van der Waals surface area (Å²) in [5.41, 5.74) is 1.11. The van der Waals surface area contributed by atoms with Crippen molar-refractivity contribution < 1.29 is 0 Å². The van der Waals surface area contributed by atoms with Crippen molar-refractivity contribution in [2.75, 3.05) is 6.54 Å². The predicted molar refractivity (Wildman–Crippen MR) is 79.9 cm³/mol. The molecule has 0 radical (unpaired) electrons. The lowest BCUT2D eigenvalue weighted by molar-refractivity contribution is 0.509. The fourth-order valence-electron chi connectivity index (χ4n) is 1.82. The number of hydrogen-bond donors (Lipinski definition) is 1. The maximum Gasteiger partial charge on any atom is 0.209 e. The fraction of sp³-hybridized carbons (Fsp3) is 0.667. The Balaban J connectivity index is 1.50. The van der Waals surface area contributed by atoms with E-state index in [9.17, 15) is 0 Å². The molecule has 3 rings (SSSR count). The first-order valence-corrected chi connectivity index (χ1v) is 8.77. The van der Waals surface area contributed by atoms with Crippen LogP contribution >= 0.6 is 23.1 Å². The monoisotopic (exact) mass is 310 g/mol. The van der Waals surface area contributed by atoms with Gasteiger partial charge < -0.3 is 5.32 Å². The summed E-state index contributed by atoms with van der Waals surface area (Å²) in [6, 6.07) is 0.727. The lowest BCUT2D eigenvalue weighted by atomic mass is 10.5. The predicted octanol–water partition coefficient (Wildman–Crippen LogP) is 1.74. The van der Waals surface area contributed by atoms with E-state index in [-0.39, 0.29) is 0 Å². The minimum absolute atomic E-state index is 0.727. The Morgan fingerprint density at radius 2 is 2.40 bits per heavy atom. The molecule has 1 N–H and O–H groups in total. The maximum atomic E-state index is 4.56. The minimum Gasteiger partial charge on any atom is -0.312 e. The van der Waals surface area contributed by atoms with Crippen molar-refractivity contribution >= 4 is 23.1 Å². The molecule has 1 fully saturated rings. The highest BCUT2D eigenvalue weighted by Crippen LogP contribution is 2.22. The Hall–Kier alpha value is -0.990. The molecule has 0 atom stereocenters. The number of nitrogens with one attached hydrogen (secondary N) is 1. The fourth-order valence-corrected chi connectivity index (χ4v) is 3.46. The second-order valence-corrected chi connectivity index (χ2v) is 6.67. The molecule has 108 valence electrons. The van der Waals surface area contributed by atoms with Crippen molar-refractivity contribution in [3.63, 3.8) is 0 Å². The summed E-state index contributed by atoms with van der Waals surface area (Å²) in [5, 5.41) is 19.5. The second kappa shape index (κ2) is 6.64. The molecule has 1 saturated carbocycles. The van der Waals surface area contributed by atoms with Crippen LogP contribution in [0.2, 0.25) is 0 Å². The molecule has 2 aromatic heterocycles. The number of thioether (sulfide) groups is 1. The lowest BCUT2D eigenvalue weighted by Gasteiger charge is -2.04. The third kappa shape index (κ3) is 3.77. The third-order valence-electron chi connectivity index (χ3n) is 3.08. The Labute approximate surface area is 126 Å². The average Bonchev–Trinajstić information content (AvgIpc) is 3.00. The SMILES string of the molecule is CCc1nc(CSc2nnnn2CCNC2CC2)cs1. The van der Waals surface area contributed by atoms with Crippen LogP contribution in [0.4, 0.5) is 0 Å². The van der Waals surface area contributed by atoms with Crippen LogP contribution in [0.1, 0.15) is 30.5 Å².